The Hall–Kier alpha value is -1.00. The lowest BCUT2D eigenvalue weighted by molar-refractivity contribution is -0.123. The molecule has 0 bridgehead atoms. The summed E-state index contributed by atoms with van der Waals surface area (Å²) in [5.41, 5.74) is 0. The molecule has 3 nitrogen and oxygen atoms in total. The minimum Gasteiger partial charge on any atom is -0.352 e. The topological polar surface area (TPSA) is 41.1 Å². The Morgan fingerprint density at radius 1 is 1.25 bits per heavy atom. The number of carbonyl (C=O) groups excluding carboxylic acids is 1. The third-order valence-electron chi connectivity index (χ3n) is 3.07. The van der Waals surface area contributed by atoms with Gasteiger partial charge in [0.25, 0.3) is 0 Å². The number of benzene rings is 1. The van der Waals surface area contributed by atoms with E-state index in [1.807, 2.05) is 25.1 Å². The van der Waals surface area contributed by atoms with Gasteiger partial charge in [0.15, 0.2) is 0 Å². The second-order valence-electron chi connectivity index (χ2n) is 5.04. The molecular formula is C16H26N2OS. The quantitative estimate of drug-likeness (QED) is 0.543. The van der Waals surface area contributed by atoms with Crippen LogP contribution in [0.25, 0.3) is 0 Å². The minimum absolute atomic E-state index is 0.0932. The van der Waals surface area contributed by atoms with E-state index in [2.05, 4.69) is 36.6 Å². The first-order valence-electron chi connectivity index (χ1n) is 7.35. The number of carbonyl (C=O) groups is 1. The molecule has 0 aromatic heterocycles. The molecule has 20 heavy (non-hydrogen) atoms. The van der Waals surface area contributed by atoms with Gasteiger partial charge in [-0.15, -0.1) is 11.8 Å². The van der Waals surface area contributed by atoms with E-state index in [9.17, 15) is 4.79 Å². The zero-order valence-electron chi connectivity index (χ0n) is 12.7. The maximum Gasteiger partial charge on any atom is 0.237 e. The minimum atomic E-state index is -0.134. The van der Waals surface area contributed by atoms with Crippen molar-refractivity contribution >= 4 is 17.7 Å². The number of nitrogens with one attached hydrogen (secondary N) is 2. The number of hydrogen-bond donors (Lipinski definition) is 2. The molecule has 1 amide bonds. The van der Waals surface area contributed by atoms with Crippen LogP contribution in [0.2, 0.25) is 0 Å². The first-order chi connectivity index (χ1) is 9.63. The SMILES string of the molecule is CCCC(C)NC(=O)C(C)NCCSc1ccccc1. The van der Waals surface area contributed by atoms with Crippen LogP contribution in [0.1, 0.15) is 33.6 Å². The Morgan fingerprint density at radius 3 is 2.60 bits per heavy atom. The highest BCUT2D eigenvalue weighted by Crippen LogP contribution is 2.15. The second-order valence-corrected chi connectivity index (χ2v) is 6.20. The van der Waals surface area contributed by atoms with Crippen molar-refractivity contribution in [2.45, 2.75) is 50.6 Å². The van der Waals surface area contributed by atoms with Crippen LogP contribution in [0.4, 0.5) is 0 Å². The van der Waals surface area contributed by atoms with Crippen LogP contribution in [0.15, 0.2) is 35.2 Å². The van der Waals surface area contributed by atoms with Crippen LogP contribution in [0.5, 0.6) is 0 Å². The van der Waals surface area contributed by atoms with Crippen molar-refractivity contribution in [2.75, 3.05) is 12.3 Å². The number of amides is 1. The van der Waals surface area contributed by atoms with E-state index in [1.54, 1.807) is 11.8 Å². The molecule has 0 aliphatic rings. The largest absolute Gasteiger partial charge is 0.352 e. The number of rotatable bonds is 9. The molecule has 4 heteroatoms. The van der Waals surface area contributed by atoms with Gasteiger partial charge in [0.1, 0.15) is 0 Å². The fraction of sp³-hybridized carbons (Fsp3) is 0.562. The highest BCUT2D eigenvalue weighted by atomic mass is 32.2. The van der Waals surface area contributed by atoms with Gasteiger partial charge in [-0.05, 0) is 32.4 Å². The van der Waals surface area contributed by atoms with Crippen LogP contribution >= 0.6 is 11.8 Å². The summed E-state index contributed by atoms with van der Waals surface area (Å²) in [5, 5.41) is 6.30. The average molecular weight is 294 g/mol. The van der Waals surface area contributed by atoms with Crippen LogP contribution in [-0.4, -0.2) is 30.3 Å². The molecule has 0 aliphatic carbocycles. The van der Waals surface area contributed by atoms with E-state index in [0.29, 0.717) is 0 Å². The Kier molecular flexibility index (Phi) is 8.38. The predicted octanol–water partition coefficient (Wildman–Crippen LogP) is 3.06. The molecule has 0 fully saturated rings. The molecule has 2 atom stereocenters. The summed E-state index contributed by atoms with van der Waals surface area (Å²) in [6.45, 7) is 6.93. The molecule has 1 aromatic carbocycles. The van der Waals surface area contributed by atoms with Crippen molar-refractivity contribution in [1.29, 1.82) is 0 Å². The van der Waals surface area contributed by atoms with Gasteiger partial charge in [-0.2, -0.15) is 0 Å². The van der Waals surface area contributed by atoms with Crippen molar-refractivity contribution in [3.63, 3.8) is 0 Å². The van der Waals surface area contributed by atoms with E-state index in [-0.39, 0.29) is 18.0 Å². The molecule has 0 heterocycles. The Balaban J connectivity index is 2.16. The number of thioether (sulfide) groups is 1. The summed E-state index contributed by atoms with van der Waals surface area (Å²) in [4.78, 5) is 13.2. The van der Waals surface area contributed by atoms with Gasteiger partial charge in [0, 0.05) is 23.2 Å². The highest BCUT2D eigenvalue weighted by Gasteiger charge is 2.13. The van der Waals surface area contributed by atoms with E-state index in [1.165, 1.54) is 4.90 Å². The van der Waals surface area contributed by atoms with E-state index >= 15 is 0 Å². The Morgan fingerprint density at radius 2 is 1.95 bits per heavy atom. The van der Waals surface area contributed by atoms with Crippen molar-refractivity contribution in [3.8, 4) is 0 Å². The van der Waals surface area contributed by atoms with Gasteiger partial charge < -0.3 is 10.6 Å². The van der Waals surface area contributed by atoms with Crippen LogP contribution in [-0.2, 0) is 4.79 Å². The third-order valence-corrected chi connectivity index (χ3v) is 4.08. The third kappa shape index (κ3) is 6.96. The Labute approximate surface area is 126 Å². The van der Waals surface area contributed by atoms with E-state index < -0.39 is 0 Å². The maximum atomic E-state index is 11.9. The first kappa shape index (κ1) is 17.1. The highest BCUT2D eigenvalue weighted by molar-refractivity contribution is 7.99. The summed E-state index contributed by atoms with van der Waals surface area (Å²) < 4.78 is 0. The van der Waals surface area contributed by atoms with Gasteiger partial charge in [0.2, 0.25) is 5.91 Å². The first-order valence-corrected chi connectivity index (χ1v) is 8.33. The van der Waals surface area contributed by atoms with Gasteiger partial charge in [-0.25, -0.2) is 0 Å². The summed E-state index contributed by atoms with van der Waals surface area (Å²) in [6.07, 6.45) is 2.12. The fourth-order valence-electron chi connectivity index (χ4n) is 1.93. The monoisotopic (exact) mass is 294 g/mol. The van der Waals surface area contributed by atoms with Crippen molar-refractivity contribution in [1.82, 2.24) is 10.6 Å². The fourth-order valence-corrected chi connectivity index (χ4v) is 2.73. The maximum absolute atomic E-state index is 11.9. The Bertz CT molecular complexity index is 383. The summed E-state index contributed by atoms with van der Waals surface area (Å²) in [7, 11) is 0. The molecule has 0 aliphatic heterocycles. The van der Waals surface area contributed by atoms with Gasteiger partial charge in [-0.3, -0.25) is 4.79 Å². The lowest BCUT2D eigenvalue weighted by atomic mass is 10.2. The predicted molar refractivity (Wildman–Crippen MR) is 87.1 cm³/mol. The van der Waals surface area contributed by atoms with Gasteiger partial charge >= 0.3 is 0 Å². The molecular weight excluding hydrogens is 268 g/mol. The van der Waals surface area contributed by atoms with Gasteiger partial charge in [-0.1, -0.05) is 31.5 Å². The molecule has 1 aromatic rings. The zero-order chi connectivity index (χ0) is 14.8. The molecule has 112 valence electrons. The smallest absolute Gasteiger partial charge is 0.237 e. The summed E-state index contributed by atoms with van der Waals surface area (Å²) >= 11 is 1.80. The van der Waals surface area contributed by atoms with E-state index in [0.717, 1.165) is 25.1 Å². The molecule has 1 rings (SSSR count). The van der Waals surface area contributed by atoms with Crippen molar-refractivity contribution in [2.24, 2.45) is 0 Å². The summed E-state index contributed by atoms with van der Waals surface area (Å²) in [5.74, 6) is 1.06. The summed E-state index contributed by atoms with van der Waals surface area (Å²) in [6, 6.07) is 10.4. The zero-order valence-corrected chi connectivity index (χ0v) is 13.5. The number of hydrogen-bond acceptors (Lipinski definition) is 3. The lowest BCUT2D eigenvalue weighted by Gasteiger charge is -2.18. The van der Waals surface area contributed by atoms with Gasteiger partial charge in [0.05, 0.1) is 6.04 Å². The molecule has 0 saturated carbocycles. The van der Waals surface area contributed by atoms with Crippen LogP contribution < -0.4 is 10.6 Å². The molecule has 0 spiro atoms. The molecule has 2 unspecified atom stereocenters. The normalized spacial score (nSPS) is 13.8. The molecule has 0 saturated heterocycles. The molecule has 0 radical (unpaired) electrons. The van der Waals surface area contributed by atoms with Crippen molar-refractivity contribution in [3.05, 3.63) is 30.3 Å². The lowest BCUT2D eigenvalue weighted by Crippen LogP contribution is -2.45. The standard InChI is InChI=1S/C16H26N2OS/c1-4-8-13(2)18-16(19)14(3)17-11-12-20-15-9-6-5-7-10-15/h5-7,9-10,13-14,17H,4,8,11-12H2,1-3H3,(H,18,19). The van der Waals surface area contributed by atoms with Crippen LogP contribution in [0.3, 0.4) is 0 Å². The van der Waals surface area contributed by atoms with E-state index in [4.69, 9.17) is 0 Å². The molecule has 2 N–H and O–H groups in total. The van der Waals surface area contributed by atoms with Crippen molar-refractivity contribution < 1.29 is 4.79 Å². The second kappa shape index (κ2) is 9.83. The average Bonchev–Trinajstić information content (AvgIpc) is 2.44. The van der Waals surface area contributed by atoms with Crippen LogP contribution in [0, 0.1) is 0 Å².